The summed E-state index contributed by atoms with van der Waals surface area (Å²) in [5, 5.41) is 10.2. The Hall–Kier alpha value is -4.41. The molecule has 42 heavy (non-hydrogen) atoms. The Kier molecular flexibility index (Phi) is 10.9. The zero-order valence-corrected chi connectivity index (χ0v) is 24.6. The van der Waals surface area contributed by atoms with E-state index in [1.165, 1.54) is 0 Å². The van der Waals surface area contributed by atoms with Crippen LogP contribution in [0, 0.1) is 0 Å². The van der Waals surface area contributed by atoms with Crippen LogP contribution in [-0.2, 0) is 15.0 Å². The highest BCUT2D eigenvalue weighted by molar-refractivity contribution is 6.10. The fraction of sp³-hybridized carbons (Fsp3) is 0.355. The van der Waals surface area contributed by atoms with Crippen molar-refractivity contribution in [2.24, 2.45) is 0 Å². The van der Waals surface area contributed by atoms with Gasteiger partial charge in [-0.3, -0.25) is 19.5 Å². The summed E-state index contributed by atoms with van der Waals surface area (Å²) >= 11 is 0. The second-order valence-electron chi connectivity index (χ2n) is 11.4. The molecule has 8 nitrogen and oxygen atoms in total. The number of halogens is 3. The Morgan fingerprint density at radius 3 is 1.86 bits per heavy atom. The van der Waals surface area contributed by atoms with Gasteiger partial charge in [-0.15, -0.1) is 0 Å². The first-order valence-electron chi connectivity index (χ1n) is 13.0. The number of hydrogen-bond acceptors (Lipinski definition) is 5. The third kappa shape index (κ3) is 9.60. The van der Waals surface area contributed by atoms with E-state index in [0.717, 1.165) is 5.56 Å². The van der Waals surface area contributed by atoms with Crippen LogP contribution in [0.1, 0.15) is 69.1 Å². The molecule has 1 atom stereocenters. The van der Waals surface area contributed by atoms with E-state index in [4.69, 9.17) is 14.6 Å². The number of carboxylic acids is 1. The maximum Gasteiger partial charge on any atom is 0.490 e. The van der Waals surface area contributed by atoms with E-state index in [1.54, 1.807) is 54.7 Å². The number of methoxy groups -OCH3 is 1. The van der Waals surface area contributed by atoms with E-state index in [9.17, 15) is 22.8 Å². The average Bonchev–Trinajstić information content (AvgIpc) is 2.90. The van der Waals surface area contributed by atoms with Crippen molar-refractivity contribution in [1.29, 1.82) is 0 Å². The third-order valence-electron chi connectivity index (χ3n) is 5.81. The molecule has 0 aliphatic carbocycles. The predicted octanol–water partition coefficient (Wildman–Crippen LogP) is 6.32. The molecule has 2 amide bonds. The number of nitrogens with one attached hydrogen (secondary N) is 1. The zero-order valence-electron chi connectivity index (χ0n) is 24.6. The molecular formula is C31H36F3N3O5. The number of aliphatic carboxylic acids is 1. The number of anilines is 1. The molecule has 3 rings (SSSR count). The van der Waals surface area contributed by atoms with E-state index in [2.05, 4.69) is 31.1 Å². The van der Waals surface area contributed by atoms with Crippen LogP contribution in [0.2, 0.25) is 0 Å². The van der Waals surface area contributed by atoms with Gasteiger partial charge in [-0.05, 0) is 74.2 Å². The first-order chi connectivity index (χ1) is 19.3. The van der Waals surface area contributed by atoms with E-state index in [-0.39, 0.29) is 17.2 Å². The predicted molar refractivity (Wildman–Crippen MR) is 154 cm³/mol. The average molecular weight is 588 g/mol. The van der Waals surface area contributed by atoms with Crippen molar-refractivity contribution in [3.05, 3.63) is 89.7 Å². The molecule has 1 heterocycles. The number of pyridine rings is 1. The lowest BCUT2D eigenvalue weighted by molar-refractivity contribution is -0.192. The Labute approximate surface area is 243 Å². The summed E-state index contributed by atoms with van der Waals surface area (Å²) in [6.45, 7) is 12.2. The van der Waals surface area contributed by atoms with Crippen LogP contribution in [0.3, 0.4) is 0 Å². The van der Waals surface area contributed by atoms with Crippen molar-refractivity contribution in [2.45, 2.75) is 64.7 Å². The molecule has 1 aromatic heterocycles. The van der Waals surface area contributed by atoms with Gasteiger partial charge in [0.1, 0.15) is 11.8 Å². The molecule has 2 N–H and O–H groups in total. The van der Waals surface area contributed by atoms with Gasteiger partial charge >= 0.3 is 12.1 Å². The van der Waals surface area contributed by atoms with Crippen molar-refractivity contribution < 1.29 is 37.4 Å². The summed E-state index contributed by atoms with van der Waals surface area (Å²) in [5.74, 6) is -2.69. The Morgan fingerprint density at radius 1 is 0.905 bits per heavy atom. The van der Waals surface area contributed by atoms with E-state index in [0.29, 0.717) is 22.6 Å². The van der Waals surface area contributed by atoms with Gasteiger partial charge in [-0.2, -0.15) is 13.2 Å². The van der Waals surface area contributed by atoms with Crippen molar-refractivity contribution in [2.75, 3.05) is 12.0 Å². The highest BCUT2D eigenvalue weighted by Crippen LogP contribution is 2.32. The summed E-state index contributed by atoms with van der Waals surface area (Å²) in [5.41, 5.74) is 2.30. The number of amides is 2. The van der Waals surface area contributed by atoms with Crippen molar-refractivity contribution >= 4 is 23.5 Å². The highest BCUT2D eigenvalue weighted by Gasteiger charge is 2.38. The molecule has 0 saturated carbocycles. The molecule has 0 saturated heterocycles. The van der Waals surface area contributed by atoms with Crippen LogP contribution < -0.4 is 15.0 Å². The number of rotatable bonds is 6. The molecule has 0 spiro atoms. The Balaban J connectivity index is 0.000000782. The summed E-state index contributed by atoms with van der Waals surface area (Å²) < 4.78 is 37.0. The summed E-state index contributed by atoms with van der Waals surface area (Å²) in [6, 6.07) is 17.4. The van der Waals surface area contributed by atoms with Gasteiger partial charge in [-0.1, -0.05) is 39.0 Å². The number of carboxylic acid groups (broad SMARTS) is 1. The molecule has 1 unspecified atom stereocenters. The summed E-state index contributed by atoms with van der Waals surface area (Å²) in [7, 11) is 1.58. The van der Waals surface area contributed by atoms with Gasteiger partial charge in [0.15, 0.2) is 0 Å². The zero-order chi connectivity index (χ0) is 31.9. The highest BCUT2D eigenvalue weighted by atomic mass is 19.4. The lowest BCUT2D eigenvalue weighted by Gasteiger charge is -2.34. The number of nitrogens with zero attached hydrogens (tertiary/aromatic N) is 2. The topological polar surface area (TPSA) is 109 Å². The third-order valence-corrected chi connectivity index (χ3v) is 5.81. The number of ether oxygens (including phenoxy) is 1. The second kappa shape index (κ2) is 13.5. The van der Waals surface area contributed by atoms with Crippen LogP contribution >= 0.6 is 0 Å². The minimum Gasteiger partial charge on any atom is -0.497 e. The van der Waals surface area contributed by atoms with Crippen LogP contribution in [-0.4, -0.2) is 46.7 Å². The number of benzene rings is 2. The first-order valence-corrected chi connectivity index (χ1v) is 13.0. The number of carbonyl (C=O) groups is 3. The SMILES string of the molecule is COc1ccc(C(=O)N(c2ccc(C(C)(C)C)cc2)C(C(=O)NC(C)(C)C)c2cccnc2)cc1.O=C(O)C(F)(F)F. The number of carbonyl (C=O) groups excluding carboxylic acids is 2. The number of hydrogen-bond donors (Lipinski definition) is 2. The van der Waals surface area contributed by atoms with Crippen LogP contribution in [0.5, 0.6) is 5.75 Å². The minimum atomic E-state index is -5.08. The number of aromatic nitrogens is 1. The van der Waals surface area contributed by atoms with Crippen molar-refractivity contribution in [1.82, 2.24) is 10.3 Å². The summed E-state index contributed by atoms with van der Waals surface area (Å²) in [4.78, 5) is 42.4. The lowest BCUT2D eigenvalue weighted by atomic mass is 9.87. The molecule has 226 valence electrons. The van der Waals surface area contributed by atoms with Crippen LogP contribution in [0.4, 0.5) is 18.9 Å². The van der Waals surface area contributed by atoms with Crippen molar-refractivity contribution in [3.63, 3.8) is 0 Å². The van der Waals surface area contributed by atoms with E-state index in [1.807, 2.05) is 51.1 Å². The Morgan fingerprint density at radius 2 is 1.45 bits per heavy atom. The molecule has 0 fully saturated rings. The largest absolute Gasteiger partial charge is 0.497 e. The molecule has 0 aliphatic rings. The standard InChI is InChI=1S/C29H35N3O3.C2HF3O2/c1-28(2,3)22-12-14-23(15-13-22)32(27(34)20-10-16-24(35-7)17-11-20)25(21-9-8-18-30-19-21)26(33)31-29(4,5)6;3-2(4,5)1(6)7/h8-19,25H,1-7H3,(H,31,33);(H,6,7). The van der Waals surface area contributed by atoms with Gasteiger partial charge in [0.25, 0.3) is 5.91 Å². The fourth-order valence-corrected chi connectivity index (χ4v) is 3.77. The van der Waals surface area contributed by atoms with Crippen LogP contribution in [0.25, 0.3) is 0 Å². The molecule has 2 aromatic carbocycles. The van der Waals surface area contributed by atoms with Gasteiger partial charge in [0, 0.05) is 34.7 Å². The second-order valence-corrected chi connectivity index (χ2v) is 11.4. The normalized spacial score (nSPS) is 12.3. The maximum absolute atomic E-state index is 14.0. The lowest BCUT2D eigenvalue weighted by Crippen LogP contribution is -2.49. The van der Waals surface area contributed by atoms with E-state index < -0.39 is 23.7 Å². The minimum absolute atomic E-state index is 0.0459. The molecule has 0 radical (unpaired) electrons. The smallest absolute Gasteiger partial charge is 0.490 e. The fourth-order valence-electron chi connectivity index (χ4n) is 3.77. The van der Waals surface area contributed by atoms with Crippen molar-refractivity contribution in [3.8, 4) is 5.75 Å². The Bertz CT molecular complexity index is 1350. The van der Waals surface area contributed by atoms with Gasteiger partial charge in [-0.25, -0.2) is 4.79 Å². The number of alkyl halides is 3. The van der Waals surface area contributed by atoms with Gasteiger partial charge in [0.05, 0.1) is 7.11 Å². The molecule has 11 heteroatoms. The molecule has 0 aliphatic heterocycles. The molecule has 0 bridgehead atoms. The summed E-state index contributed by atoms with van der Waals surface area (Å²) in [6.07, 6.45) is -1.80. The monoisotopic (exact) mass is 587 g/mol. The first kappa shape index (κ1) is 33.8. The maximum atomic E-state index is 14.0. The van der Waals surface area contributed by atoms with Gasteiger partial charge in [0.2, 0.25) is 5.91 Å². The molecular weight excluding hydrogens is 551 g/mol. The van der Waals surface area contributed by atoms with Gasteiger partial charge < -0.3 is 15.2 Å². The molecule has 3 aromatic rings. The van der Waals surface area contributed by atoms with E-state index >= 15 is 0 Å². The van der Waals surface area contributed by atoms with Crippen LogP contribution in [0.15, 0.2) is 73.1 Å². The quantitative estimate of drug-likeness (QED) is 0.349.